The van der Waals surface area contributed by atoms with Crippen LogP contribution < -0.4 is 20.3 Å². The normalized spacial score (nSPS) is 17.7. The Hall–Kier alpha value is -6.89. The Morgan fingerprint density at radius 3 is 2.43 bits per heavy atom. The van der Waals surface area contributed by atoms with Gasteiger partial charge in [-0.1, -0.05) is 92.2 Å². The number of aryl methyl sites for hydroxylation is 1. The summed E-state index contributed by atoms with van der Waals surface area (Å²) in [7, 11) is 1.62. The fraction of sp³-hybridized carbons (Fsp3) is 0.468. The molecule has 18 nitrogen and oxygen atoms in total. The number of Topliss-reactive ketones (excluding diaryl/α,β-unsaturated/α-hetero) is 1. The van der Waals surface area contributed by atoms with Gasteiger partial charge in [0.05, 0.1) is 47.2 Å². The van der Waals surface area contributed by atoms with E-state index in [0.29, 0.717) is 54.7 Å². The van der Waals surface area contributed by atoms with Crippen molar-refractivity contribution in [1.82, 2.24) is 44.9 Å². The zero-order valence-electron chi connectivity index (χ0n) is 47.7. The number of hydrogen-bond acceptors (Lipinski definition) is 15. The Kier molecular flexibility index (Phi) is 19.7. The van der Waals surface area contributed by atoms with E-state index in [9.17, 15) is 29.5 Å². The van der Waals surface area contributed by atoms with Crippen molar-refractivity contribution in [3.8, 4) is 27.9 Å². The number of carbonyl (C=O) groups excluding carboxylic acids is 4. The molecule has 0 saturated carbocycles. The molecule has 20 heteroatoms. The summed E-state index contributed by atoms with van der Waals surface area (Å²) in [5.41, 5.74) is 8.64. The van der Waals surface area contributed by atoms with Gasteiger partial charge in [0.1, 0.15) is 48.3 Å². The number of aromatic nitrogens is 5. The first kappa shape index (κ1) is 59.7. The van der Waals surface area contributed by atoms with Crippen LogP contribution in [0, 0.1) is 29.6 Å². The summed E-state index contributed by atoms with van der Waals surface area (Å²) in [6, 6.07) is 22.1. The van der Waals surface area contributed by atoms with E-state index >= 15 is 0 Å². The van der Waals surface area contributed by atoms with Crippen LogP contribution in [0.4, 0.5) is 5.82 Å². The molecule has 3 aliphatic heterocycles. The first-order chi connectivity index (χ1) is 39.5. The van der Waals surface area contributed by atoms with E-state index in [1.807, 2.05) is 92.4 Å². The van der Waals surface area contributed by atoms with E-state index in [1.54, 1.807) is 31.0 Å². The molecule has 0 bridgehead atoms. The lowest BCUT2D eigenvalue weighted by molar-refractivity contribution is -0.144. The van der Waals surface area contributed by atoms with Crippen molar-refractivity contribution in [2.75, 3.05) is 51.4 Å². The highest BCUT2D eigenvalue weighted by molar-refractivity contribution is 9.10. The lowest BCUT2D eigenvalue weighted by Crippen LogP contribution is -2.58. The standard InChI is InChI=1S/C62H74BrN11O7S/c1-7-49-56-48(31-64)67-37-74(56)51-33-65-54(69-59(51)72(49)34-42-13-19-46(63)20-14-42)29-45-18-17-44(28-53(45)80-6)52(76)27-40-21-24-71(25-22-40)23-9-8-10-26-81-36-55(77)70-58(62(3,4)5)61(79)73-35-47(75)30-50(73)60(78)66-32-41-11-15-43(16-12-41)57-39(2)68-38-82-57/h11-20,28,33,37-38,40,47,49-50,58,75H,7-10,21-27,29-30,32,34-36H2,1-6H3,(H,66,78)(H,70,77)/t47-,49-,50+,58-/m1/s1. The maximum atomic E-state index is 14.1. The first-order valence-electron chi connectivity index (χ1n) is 28.4. The number of nitrogens with one attached hydrogen (secondary N) is 2. The van der Waals surface area contributed by atoms with Crippen molar-refractivity contribution < 1.29 is 33.8 Å². The number of fused-ring (bicyclic) bond motifs is 3. The Morgan fingerprint density at radius 2 is 1.73 bits per heavy atom. The zero-order valence-corrected chi connectivity index (χ0v) is 50.1. The number of ether oxygens (including phenoxy) is 2. The van der Waals surface area contributed by atoms with Crippen molar-refractivity contribution >= 4 is 56.6 Å². The topological polar surface area (TPSA) is 221 Å². The second-order valence-electron chi connectivity index (χ2n) is 22.8. The van der Waals surface area contributed by atoms with Crippen molar-refractivity contribution in [3.05, 3.63) is 134 Å². The van der Waals surface area contributed by atoms with Crippen molar-refractivity contribution in [3.63, 3.8) is 0 Å². The number of piperidine rings is 1. The minimum atomic E-state index is -0.939. The minimum Gasteiger partial charge on any atom is -0.496 e. The number of thiazole rings is 1. The zero-order chi connectivity index (χ0) is 58.1. The third-order valence-corrected chi connectivity index (χ3v) is 17.4. The van der Waals surface area contributed by atoms with Gasteiger partial charge in [0.15, 0.2) is 17.3 Å². The maximum absolute atomic E-state index is 14.1. The van der Waals surface area contributed by atoms with Gasteiger partial charge < -0.3 is 39.9 Å². The predicted molar refractivity (Wildman–Crippen MR) is 317 cm³/mol. The molecule has 82 heavy (non-hydrogen) atoms. The number of carbonyl (C=O) groups is 4. The molecule has 0 radical (unpaired) electrons. The summed E-state index contributed by atoms with van der Waals surface area (Å²) < 4.78 is 14.6. The van der Waals surface area contributed by atoms with Gasteiger partial charge in [-0.2, -0.15) is 5.26 Å². The fourth-order valence-corrected chi connectivity index (χ4v) is 12.5. The number of β-amino-alcohol motifs (C(OH)–C–C–N with tert-alkyl or cyclic N) is 1. The highest BCUT2D eigenvalue weighted by Crippen LogP contribution is 2.42. The van der Waals surface area contributed by atoms with Crippen LogP contribution in [0.3, 0.4) is 0 Å². The van der Waals surface area contributed by atoms with Crippen LogP contribution in [0.25, 0.3) is 16.1 Å². The van der Waals surface area contributed by atoms with E-state index < -0.39 is 35.4 Å². The number of benzene rings is 3. The van der Waals surface area contributed by atoms with Crippen LogP contribution in [0.1, 0.15) is 135 Å². The summed E-state index contributed by atoms with van der Waals surface area (Å²) in [5, 5.41) is 26.4. The molecule has 4 atom stereocenters. The van der Waals surface area contributed by atoms with Crippen LogP contribution in [0.15, 0.2) is 89.2 Å². The quantitative estimate of drug-likeness (QED) is 0.0403. The SMILES string of the molecule is CC[C@@H]1c2c(C#N)ncn2-c2cnc(Cc3ccc(C(=O)CC4CCN(CCCCCOCC(=O)N[C@H](C(=O)N5C[C@H](O)C[C@H]5C(=O)NCc5ccc(-c6scnc6C)cc5)C(C)(C)C)CC4)cc3OC)nc2N1Cc1ccc(Br)cc1. The molecule has 3 aromatic carbocycles. The average Bonchev–Trinajstić information content (AvgIpc) is 3.09. The number of imidazole rings is 1. The van der Waals surface area contributed by atoms with Gasteiger partial charge in [-0.15, -0.1) is 11.3 Å². The summed E-state index contributed by atoms with van der Waals surface area (Å²) in [5.74, 6) is 1.18. The van der Waals surface area contributed by atoms with Gasteiger partial charge in [-0.3, -0.25) is 23.7 Å². The molecule has 0 unspecified atom stereocenters. The number of aliphatic hydroxyl groups is 1. The molecule has 6 heterocycles. The number of hydrogen-bond donors (Lipinski definition) is 3. The van der Waals surface area contributed by atoms with Gasteiger partial charge in [0, 0.05) is 61.1 Å². The van der Waals surface area contributed by atoms with Crippen molar-refractivity contribution in [1.29, 1.82) is 5.26 Å². The highest BCUT2D eigenvalue weighted by atomic mass is 79.9. The Labute approximate surface area is 492 Å². The summed E-state index contributed by atoms with van der Waals surface area (Å²) >= 11 is 5.13. The molecule has 0 aliphatic carbocycles. The van der Waals surface area contributed by atoms with Gasteiger partial charge in [-0.05, 0) is 111 Å². The Bertz CT molecular complexity index is 3260. The monoisotopic (exact) mass is 1200 g/mol. The molecule has 2 saturated heterocycles. The van der Waals surface area contributed by atoms with Crippen LogP contribution >= 0.6 is 27.3 Å². The molecule has 9 rings (SSSR count). The third kappa shape index (κ3) is 14.3. The molecule has 6 aromatic rings. The third-order valence-electron chi connectivity index (χ3n) is 15.9. The smallest absolute Gasteiger partial charge is 0.246 e. The molecule has 3 aromatic heterocycles. The second kappa shape index (κ2) is 27.0. The predicted octanol–water partition coefficient (Wildman–Crippen LogP) is 9.08. The molecular weight excluding hydrogens is 1120 g/mol. The number of halogens is 1. The summed E-state index contributed by atoms with van der Waals surface area (Å²) in [6.07, 6.45) is 8.91. The molecule has 3 aliphatic rings. The van der Waals surface area contributed by atoms with Crippen LogP contribution in [0.2, 0.25) is 0 Å². The van der Waals surface area contributed by atoms with E-state index in [2.05, 4.69) is 71.5 Å². The second-order valence-corrected chi connectivity index (χ2v) is 24.6. The van der Waals surface area contributed by atoms with E-state index in [4.69, 9.17) is 19.4 Å². The number of anilines is 1. The minimum absolute atomic E-state index is 0.00317. The number of ketones is 1. The van der Waals surface area contributed by atoms with Crippen LogP contribution in [-0.4, -0.2) is 128 Å². The van der Waals surface area contributed by atoms with E-state index in [1.165, 1.54) is 4.90 Å². The maximum Gasteiger partial charge on any atom is 0.246 e. The Morgan fingerprint density at radius 1 is 0.976 bits per heavy atom. The first-order valence-corrected chi connectivity index (χ1v) is 30.1. The van der Waals surface area contributed by atoms with E-state index in [0.717, 1.165) is 113 Å². The number of amides is 3. The average molecular weight is 1200 g/mol. The highest BCUT2D eigenvalue weighted by Gasteiger charge is 2.45. The molecule has 3 N–H and O–H groups in total. The summed E-state index contributed by atoms with van der Waals surface area (Å²) in [6.45, 7) is 13.5. The van der Waals surface area contributed by atoms with Crippen LogP contribution in [-0.2, 0) is 38.6 Å². The number of methoxy groups -OCH3 is 1. The molecule has 3 amide bonds. The van der Waals surface area contributed by atoms with Gasteiger partial charge in [0.2, 0.25) is 17.7 Å². The lowest BCUT2D eigenvalue weighted by atomic mass is 9.85. The number of nitrogens with zero attached hydrogens (tertiary/aromatic N) is 9. The molecule has 432 valence electrons. The van der Waals surface area contributed by atoms with Crippen LogP contribution in [0.5, 0.6) is 5.75 Å². The number of nitriles is 1. The number of rotatable bonds is 23. The largest absolute Gasteiger partial charge is 0.496 e. The number of unbranched alkanes of at least 4 members (excludes halogenated alkanes) is 2. The molecule has 0 spiro atoms. The number of aliphatic hydroxyl groups excluding tert-OH is 1. The lowest BCUT2D eigenvalue weighted by Gasteiger charge is -2.38. The summed E-state index contributed by atoms with van der Waals surface area (Å²) in [4.78, 5) is 80.4. The van der Waals surface area contributed by atoms with Gasteiger partial charge in [-0.25, -0.2) is 19.9 Å². The molecular formula is C62H74BrN11O7S. The van der Waals surface area contributed by atoms with Crippen molar-refractivity contribution in [2.45, 2.75) is 130 Å². The van der Waals surface area contributed by atoms with E-state index in [-0.39, 0.29) is 43.8 Å². The fourth-order valence-electron chi connectivity index (χ4n) is 11.4. The van der Waals surface area contributed by atoms with Gasteiger partial charge >= 0.3 is 0 Å². The molecule has 2 fully saturated rings. The Balaban J connectivity index is 0.687. The van der Waals surface area contributed by atoms with Gasteiger partial charge in [0.25, 0.3) is 0 Å². The van der Waals surface area contributed by atoms with Crippen molar-refractivity contribution in [2.24, 2.45) is 11.3 Å². The number of likely N-dealkylation sites (tertiary alicyclic amines) is 2.